The summed E-state index contributed by atoms with van der Waals surface area (Å²) in [6.07, 6.45) is 3.82. The molecule has 0 spiro atoms. The van der Waals surface area contributed by atoms with E-state index in [9.17, 15) is 0 Å². The maximum atomic E-state index is 5.58. The van der Waals surface area contributed by atoms with E-state index in [1.807, 2.05) is 19.3 Å². The largest absolute Gasteiger partial charge is 0.392 e. The van der Waals surface area contributed by atoms with Crippen molar-refractivity contribution < 1.29 is 0 Å². The monoisotopic (exact) mass is 240 g/mol. The molecule has 0 aliphatic rings. The minimum Gasteiger partial charge on any atom is -0.392 e. The quantitative estimate of drug-likeness (QED) is 0.759. The molecule has 0 saturated heterocycles. The van der Waals surface area contributed by atoms with Gasteiger partial charge in [0, 0.05) is 38.1 Å². The van der Waals surface area contributed by atoms with Crippen molar-refractivity contribution in [2.45, 2.75) is 33.4 Å². The molecule has 0 aliphatic carbocycles. The fourth-order valence-corrected chi connectivity index (χ4v) is 1.76. The lowest BCUT2D eigenvalue weighted by atomic mass is 10.3. The highest BCUT2D eigenvalue weighted by molar-refractivity contribution is 7.80. The van der Waals surface area contributed by atoms with Gasteiger partial charge in [0.15, 0.2) is 0 Å². The molecule has 2 N–H and O–H groups in total. The van der Waals surface area contributed by atoms with Crippen LogP contribution in [0.4, 0.5) is 0 Å². The standard InChI is InChI=1S/C11H20N4S/c1-9(2)15(8-11(12)16)7-6-14-5-4-13-10(14)3/h4-5,9H,6-8H2,1-3H3,(H2,12,16). The second-order valence-electron chi connectivity index (χ2n) is 4.20. The first-order chi connectivity index (χ1) is 7.50. The lowest BCUT2D eigenvalue weighted by Crippen LogP contribution is -2.39. The summed E-state index contributed by atoms with van der Waals surface area (Å²) >= 11 is 4.95. The van der Waals surface area contributed by atoms with Gasteiger partial charge in [-0.15, -0.1) is 0 Å². The summed E-state index contributed by atoms with van der Waals surface area (Å²) in [6.45, 7) is 8.85. The number of hydrogen-bond acceptors (Lipinski definition) is 3. The number of aryl methyl sites for hydroxylation is 1. The van der Waals surface area contributed by atoms with Gasteiger partial charge in [0.1, 0.15) is 5.82 Å². The van der Waals surface area contributed by atoms with E-state index in [2.05, 4.69) is 28.3 Å². The third-order valence-electron chi connectivity index (χ3n) is 2.64. The average molecular weight is 240 g/mol. The molecule has 5 heteroatoms. The normalized spacial score (nSPS) is 11.3. The Morgan fingerprint density at radius 2 is 2.31 bits per heavy atom. The highest BCUT2D eigenvalue weighted by atomic mass is 32.1. The summed E-state index contributed by atoms with van der Waals surface area (Å²) in [5, 5.41) is 0. The second-order valence-corrected chi connectivity index (χ2v) is 4.72. The van der Waals surface area contributed by atoms with Crippen molar-refractivity contribution in [2.24, 2.45) is 5.73 Å². The summed E-state index contributed by atoms with van der Waals surface area (Å²) < 4.78 is 2.13. The molecule has 1 aromatic rings. The molecule has 0 bridgehead atoms. The first-order valence-corrected chi connectivity index (χ1v) is 5.91. The smallest absolute Gasteiger partial charge is 0.105 e. The van der Waals surface area contributed by atoms with E-state index >= 15 is 0 Å². The lowest BCUT2D eigenvalue weighted by molar-refractivity contribution is 0.243. The van der Waals surface area contributed by atoms with Crippen molar-refractivity contribution >= 4 is 17.2 Å². The minimum atomic E-state index is 0.449. The van der Waals surface area contributed by atoms with Gasteiger partial charge in [0.25, 0.3) is 0 Å². The number of hydrogen-bond donors (Lipinski definition) is 1. The second kappa shape index (κ2) is 5.96. The van der Waals surface area contributed by atoms with E-state index in [0.29, 0.717) is 17.6 Å². The Morgan fingerprint density at radius 3 is 2.75 bits per heavy atom. The molecular weight excluding hydrogens is 220 g/mol. The molecule has 0 unspecified atom stereocenters. The van der Waals surface area contributed by atoms with E-state index in [1.54, 1.807) is 0 Å². The van der Waals surface area contributed by atoms with Gasteiger partial charge in [-0.2, -0.15) is 0 Å². The van der Waals surface area contributed by atoms with E-state index in [0.717, 1.165) is 18.9 Å². The number of rotatable bonds is 6. The summed E-state index contributed by atoms with van der Waals surface area (Å²) in [4.78, 5) is 7.01. The molecule has 0 fully saturated rings. The van der Waals surface area contributed by atoms with Gasteiger partial charge in [-0.25, -0.2) is 4.98 Å². The topological polar surface area (TPSA) is 47.1 Å². The summed E-state index contributed by atoms with van der Waals surface area (Å²) in [7, 11) is 0. The number of imidazole rings is 1. The summed E-state index contributed by atoms with van der Waals surface area (Å²) in [5.41, 5.74) is 5.58. The van der Waals surface area contributed by atoms with Crippen LogP contribution in [0.1, 0.15) is 19.7 Å². The van der Waals surface area contributed by atoms with Gasteiger partial charge in [0.2, 0.25) is 0 Å². The molecular formula is C11H20N4S. The van der Waals surface area contributed by atoms with Crippen molar-refractivity contribution in [3.05, 3.63) is 18.2 Å². The van der Waals surface area contributed by atoms with Crippen molar-refractivity contribution in [3.8, 4) is 0 Å². The maximum Gasteiger partial charge on any atom is 0.105 e. The molecule has 1 heterocycles. The zero-order valence-electron chi connectivity index (χ0n) is 10.2. The zero-order valence-corrected chi connectivity index (χ0v) is 11.0. The first-order valence-electron chi connectivity index (χ1n) is 5.50. The fourth-order valence-electron chi connectivity index (χ4n) is 1.60. The molecule has 0 aromatic carbocycles. The van der Waals surface area contributed by atoms with Gasteiger partial charge in [-0.05, 0) is 20.8 Å². The van der Waals surface area contributed by atoms with Crippen LogP contribution in [0.15, 0.2) is 12.4 Å². The molecule has 1 aromatic heterocycles. The van der Waals surface area contributed by atoms with Gasteiger partial charge >= 0.3 is 0 Å². The van der Waals surface area contributed by atoms with Crippen LogP contribution in [0, 0.1) is 6.92 Å². The number of nitrogens with zero attached hydrogens (tertiary/aromatic N) is 3. The van der Waals surface area contributed by atoms with Gasteiger partial charge in [-0.3, -0.25) is 4.90 Å². The van der Waals surface area contributed by atoms with Crippen LogP contribution in [-0.4, -0.2) is 38.6 Å². The summed E-state index contributed by atoms with van der Waals surface area (Å²) in [5.74, 6) is 1.04. The highest BCUT2D eigenvalue weighted by Crippen LogP contribution is 2.01. The van der Waals surface area contributed by atoms with Crippen LogP contribution < -0.4 is 5.73 Å². The Balaban J connectivity index is 2.50. The molecule has 0 aliphatic heterocycles. The predicted octanol–water partition coefficient (Wildman–Crippen LogP) is 1.19. The average Bonchev–Trinajstić information content (AvgIpc) is 2.57. The molecule has 1 rings (SSSR count). The number of thiocarbonyl (C=S) groups is 1. The van der Waals surface area contributed by atoms with Gasteiger partial charge in [-0.1, -0.05) is 12.2 Å². The number of nitrogens with two attached hydrogens (primary N) is 1. The van der Waals surface area contributed by atoms with E-state index in [4.69, 9.17) is 18.0 Å². The van der Waals surface area contributed by atoms with Gasteiger partial charge < -0.3 is 10.3 Å². The van der Waals surface area contributed by atoms with E-state index in [-0.39, 0.29) is 0 Å². The van der Waals surface area contributed by atoms with Crippen LogP contribution >= 0.6 is 12.2 Å². The Bertz CT molecular complexity index is 346. The maximum absolute atomic E-state index is 5.58. The predicted molar refractivity (Wildman–Crippen MR) is 70.5 cm³/mol. The minimum absolute atomic E-state index is 0.449. The fraction of sp³-hybridized carbons (Fsp3) is 0.636. The van der Waals surface area contributed by atoms with E-state index < -0.39 is 0 Å². The van der Waals surface area contributed by atoms with Crippen LogP contribution in [0.2, 0.25) is 0 Å². The molecule has 0 amide bonds. The van der Waals surface area contributed by atoms with Crippen molar-refractivity contribution in [3.63, 3.8) is 0 Å². The van der Waals surface area contributed by atoms with Crippen molar-refractivity contribution in [2.75, 3.05) is 13.1 Å². The molecule has 0 saturated carbocycles. The zero-order chi connectivity index (χ0) is 12.1. The third-order valence-corrected chi connectivity index (χ3v) is 2.77. The lowest BCUT2D eigenvalue weighted by Gasteiger charge is -2.26. The van der Waals surface area contributed by atoms with Crippen LogP contribution in [0.3, 0.4) is 0 Å². The third kappa shape index (κ3) is 3.90. The summed E-state index contributed by atoms with van der Waals surface area (Å²) in [6, 6.07) is 0.449. The Hall–Kier alpha value is -0.940. The molecule has 4 nitrogen and oxygen atoms in total. The van der Waals surface area contributed by atoms with Crippen molar-refractivity contribution in [1.82, 2.24) is 14.5 Å². The van der Waals surface area contributed by atoms with Crippen molar-refractivity contribution in [1.29, 1.82) is 0 Å². The Labute approximate surface area is 102 Å². The SMILES string of the molecule is Cc1nccn1CCN(CC(N)=S)C(C)C. The van der Waals surface area contributed by atoms with E-state index in [1.165, 1.54) is 0 Å². The van der Waals surface area contributed by atoms with Crippen LogP contribution in [0.25, 0.3) is 0 Å². The molecule has 0 atom stereocenters. The van der Waals surface area contributed by atoms with Crippen LogP contribution in [-0.2, 0) is 6.54 Å². The molecule has 0 radical (unpaired) electrons. The Kier molecular flexibility index (Phi) is 4.89. The highest BCUT2D eigenvalue weighted by Gasteiger charge is 2.10. The molecule has 16 heavy (non-hydrogen) atoms. The van der Waals surface area contributed by atoms with Gasteiger partial charge in [0.05, 0.1) is 4.99 Å². The molecule has 90 valence electrons. The Morgan fingerprint density at radius 1 is 1.62 bits per heavy atom. The number of aromatic nitrogens is 2. The first kappa shape index (κ1) is 13.1. The van der Waals surface area contributed by atoms with Crippen LogP contribution in [0.5, 0.6) is 0 Å².